The van der Waals surface area contributed by atoms with Crippen molar-refractivity contribution in [1.82, 2.24) is 14.6 Å². The molecule has 1 N–H and O–H groups in total. The number of nitrogens with zero attached hydrogens (tertiary/aromatic N) is 2. The lowest BCUT2D eigenvalue weighted by Gasteiger charge is -2.08. The van der Waals surface area contributed by atoms with Crippen molar-refractivity contribution < 1.29 is 0 Å². The zero-order chi connectivity index (χ0) is 12.7. The Balaban J connectivity index is 2.11. The molecule has 4 heteroatoms. The molecule has 18 heavy (non-hydrogen) atoms. The number of hydrogen-bond donors (Lipinski definition) is 1. The van der Waals surface area contributed by atoms with Crippen LogP contribution in [0.25, 0.3) is 5.65 Å². The minimum Gasteiger partial charge on any atom is -0.276 e. The van der Waals surface area contributed by atoms with Crippen LogP contribution < -0.4 is 5.56 Å². The van der Waals surface area contributed by atoms with Crippen LogP contribution in [0.5, 0.6) is 0 Å². The molecule has 4 nitrogen and oxygen atoms in total. The highest BCUT2D eigenvalue weighted by molar-refractivity contribution is 5.42. The van der Waals surface area contributed by atoms with Crippen molar-refractivity contribution in [2.45, 2.75) is 51.4 Å². The summed E-state index contributed by atoms with van der Waals surface area (Å²) in [5, 5.41) is 3.07. The highest BCUT2D eigenvalue weighted by Crippen LogP contribution is 2.33. The molecular formula is C14H19N3O. The van der Waals surface area contributed by atoms with Gasteiger partial charge in [-0.05, 0) is 30.4 Å². The van der Waals surface area contributed by atoms with Crippen LogP contribution in [0.3, 0.4) is 0 Å². The predicted octanol–water partition coefficient (Wildman–Crippen LogP) is 2.80. The molecule has 0 radical (unpaired) electrons. The summed E-state index contributed by atoms with van der Waals surface area (Å²) >= 11 is 0. The number of aromatic amines is 1. The lowest BCUT2D eigenvalue weighted by Crippen LogP contribution is -2.14. The van der Waals surface area contributed by atoms with E-state index in [-0.39, 0.29) is 5.56 Å². The van der Waals surface area contributed by atoms with Gasteiger partial charge >= 0.3 is 0 Å². The summed E-state index contributed by atoms with van der Waals surface area (Å²) in [4.78, 5) is 16.6. The van der Waals surface area contributed by atoms with Crippen LogP contribution in [-0.4, -0.2) is 14.6 Å². The molecule has 2 aromatic rings. The molecule has 0 aromatic carbocycles. The standard InChI is InChI=1S/C14H19N3O/c1-9(2)14-15-12-7-11(10-5-3-4-6-10)8-13(18)17(12)16-14/h7-10H,3-6H2,1-2H3,(H,15,16). The topological polar surface area (TPSA) is 50.2 Å². The number of nitrogens with one attached hydrogen (secondary N) is 1. The normalized spacial score (nSPS) is 17.1. The average Bonchev–Trinajstić information content (AvgIpc) is 2.97. The third-order valence-corrected chi connectivity index (χ3v) is 3.87. The third-order valence-electron chi connectivity index (χ3n) is 3.87. The summed E-state index contributed by atoms with van der Waals surface area (Å²) in [6, 6.07) is 3.84. The van der Waals surface area contributed by atoms with Crippen LogP contribution in [0.2, 0.25) is 0 Å². The maximum atomic E-state index is 12.1. The fraction of sp³-hybridized carbons (Fsp3) is 0.571. The summed E-state index contributed by atoms with van der Waals surface area (Å²) in [6.07, 6.45) is 4.97. The number of aromatic nitrogens is 3. The molecule has 1 aliphatic carbocycles. The van der Waals surface area contributed by atoms with E-state index in [2.05, 4.69) is 30.0 Å². The average molecular weight is 245 g/mol. The molecule has 3 rings (SSSR count). The Morgan fingerprint density at radius 2 is 2.06 bits per heavy atom. The first-order chi connectivity index (χ1) is 8.65. The van der Waals surface area contributed by atoms with Crippen molar-refractivity contribution in [3.8, 4) is 0 Å². The Hall–Kier alpha value is -1.58. The first kappa shape index (κ1) is 11.5. The molecule has 96 valence electrons. The molecule has 1 aliphatic rings. The van der Waals surface area contributed by atoms with E-state index in [9.17, 15) is 4.79 Å². The van der Waals surface area contributed by atoms with E-state index in [4.69, 9.17) is 0 Å². The molecule has 1 fully saturated rings. The Bertz CT molecular complexity index is 617. The first-order valence-corrected chi connectivity index (χ1v) is 6.78. The predicted molar refractivity (Wildman–Crippen MR) is 71.1 cm³/mol. The lowest BCUT2D eigenvalue weighted by molar-refractivity contribution is 0.716. The number of fused-ring (bicyclic) bond motifs is 1. The van der Waals surface area contributed by atoms with Gasteiger partial charge in [0.25, 0.3) is 5.56 Å². The summed E-state index contributed by atoms with van der Waals surface area (Å²) in [6.45, 7) is 4.14. The SMILES string of the molecule is CC(C)c1nc2cc(C3CCCC3)cc(=O)n2[nH]1. The van der Waals surface area contributed by atoms with E-state index in [0.717, 1.165) is 11.5 Å². The Morgan fingerprint density at radius 3 is 2.72 bits per heavy atom. The van der Waals surface area contributed by atoms with E-state index in [1.807, 2.05) is 0 Å². The van der Waals surface area contributed by atoms with Crippen LogP contribution in [-0.2, 0) is 0 Å². The van der Waals surface area contributed by atoms with Crippen molar-refractivity contribution in [3.63, 3.8) is 0 Å². The largest absolute Gasteiger partial charge is 0.276 e. The summed E-state index contributed by atoms with van der Waals surface area (Å²) in [5.74, 6) is 1.73. The van der Waals surface area contributed by atoms with Gasteiger partial charge < -0.3 is 0 Å². The van der Waals surface area contributed by atoms with E-state index >= 15 is 0 Å². The smallest absolute Gasteiger partial charge is 0.271 e. The molecule has 0 atom stereocenters. The molecule has 0 saturated heterocycles. The van der Waals surface area contributed by atoms with Crippen molar-refractivity contribution in [2.24, 2.45) is 0 Å². The van der Waals surface area contributed by atoms with Crippen LogP contribution in [0, 0.1) is 0 Å². The quantitative estimate of drug-likeness (QED) is 0.884. The van der Waals surface area contributed by atoms with Gasteiger partial charge in [0.1, 0.15) is 5.82 Å². The summed E-state index contributed by atoms with van der Waals surface area (Å²) in [5.41, 5.74) is 1.93. The molecule has 0 bridgehead atoms. The number of hydrogen-bond acceptors (Lipinski definition) is 2. The van der Waals surface area contributed by atoms with Gasteiger partial charge in [0.05, 0.1) is 0 Å². The number of H-pyrrole nitrogens is 1. The van der Waals surface area contributed by atoms with Crippen molar-refractivity contribution >= 4 is 5.65 Å². The second-order valence-electron chi connectivity index (χ2n) is 5.57. The van der Waals surface area contributed by atoms with Crippen LogP contribution >= 0.6 is 0 Å². The molecule has 1 saturated carbocycles. The Morgan fingerprint density at radius 1 is 1.33 bits per heavy atom. The zero-order valence-electron chi connectivity index (χ0n) is 10.9. The fourth-order valence-electron chi connectivity index (χ4n) is 2.79. The minimum atomic E-state index is 0.00815. The summed E-state index contributed by atoms with van der Waals surface area (Å²) in [7, 11) is 0. The number of pyridine rings is 1. The monoisotopic (exact) mass is 245 g/mol. The van der Waals surface area contributed by atoms with Gasteiger partial charge in [-0.2, -0.15) is 0 Å². The fourth-order valence-corrected chi connectivity index (χ4v) is 2.79. The molecule has 2 heterocycles. The van der Waals surface area contributed by atoms with E-state index in [1.165, 1.54) is 31.2 Å². The van der Waals surface area contributed by atoms with Gasteiger partial charge in [0, 0.05) is 12.0 Å². The highest BCUT2D eigenvalue weighted by atomic mass is 16.1. The lowest BCUT2D eigenvalue weighted by atomic mass is 9.99. The van der Waals surface area contributed by atoms with Gasteiger partial charge in [-0.3, -0.25) is 9.89 Å². The number of rotatable bonds is 2. The van der Waals surface area contributed by atoms with Gasteiger partial charge in [0.2, 0.25) is 0 Å². The van der Waals surface area contributed by atoms with Gasteiger partial charge in [0.15, 0.2) is 5.65 Å². The van der Waals surface area contributed by atoms with E-state index < -0.39 is 0 Å². The Labute approximate surface area is 106 Å². The molecule has 0 aliphatic heterocycles. The van der Waals surface area contributed by atoms with Crippen molar-refractivity contribution in [1.29, 1.82) is 0 Å². The van der Waals surface area contributed by atoms with Crippen LogP contribution in [0.4, 0.5) is 0 Å². The van der Waals surface area contributed by atoms with E-state index in [1.54, 1.807) is 10.6 Å². The molecular weight excluding hydrogens is 226 g/mol. The maximum absolute atomic E-state index is 12.1. The van der Waals surface area contributed by atoms with Crippen LogP contribution in [0.15, 0.2) is 16.9 Å². The van der Waals surface area contributed by atoms with Gasteiger partial charge in [-0.1, -0.05) is 26.7 Å². The van der Waals surface area contributed by atoms with E-state index in [0.29, 0.717) is 11.8 Å². The Kier molecular flexibility index (Phi) is 2.73. The van der Waals surface area contributed by atoms with Crippen molar-refractivity contribution in [2.75, 3.05) is 0 Å². The maximum Gasteiger partial charge on any atom is 0.271 e. The molecule has 0 unspecified atom stereocenters. The van der Waals surface area contributed by atoms with Gasteiger partial charge in [-0.15, -0.1) is 0 Å². The second-order valence-corrected chi connectivity index (χ2v) is 5.57. The summed E-state index contributed by atoms with van der Waals surface area (Å²) < 4.78 is 1.55. The molecule has 0 amide bonds. The van der Waals surface area contributed by atoms with Crippen molar-refractivity contribution in [3.05, 3.63) is 33.9 Å². The zero-order valence-corrected chi connectivity index (χ0v) is 10.9. The molecule has 2 aromatic heterocycles. The highest BCUT2D eigenvalue weighted by Gasteiger charge is 2.19. The first-order valence-electron chi connectivity index (χ1n) is 6.78. The van der Waals surface area contributed by atoms with Crippen LogP contribution in [0.1, 0.15) is 62.8 Å². The third kappa shape index (κ3) is 1.85. The minimum absolute atomic E-state index is 0.00815. The van der Waals surface area contributed by atoms with Gasteiger partial charge in [-0.25, -0.2) is 9.50 Å². The molecule has 0 spiro atoms. The second kappa shape index (κ2) is 4.26.